The molecule has 0 bridgehead atoms. The van der Waals surface area contributed by atoms with Crippen molar-refractivity contribution in [2.24, 2.45) is 11.8 Å². The smallest absolute Gasteiger partial charge is 0.00952 e. The van der Waals surface area contributed by atoms with Crippen LogP contribution in [0.5, 0.6) is 0 Å². The Morgan fingerprint density at radius 2 is 1.69 bits per heavy atom. The molecule has 1 N–H and O–H groups in total. The van der Waals surface area contributed by atoms with Crippen molar-refractivity contribution < 1.29 is 0 Å². The fourth-order valence-corrected chi connectivity index (χ4v) is 2.09. The van der Waals surface area contributed by atoms with Crippen LogP contribution in [0.1, 0.15) is 53.4 Å². The van der Waals surface area contributed by atoms with Gasteiger partial charge in [-0.1, -0.05) is 33.6 Å². The van der Waals surface area contributed by atoms with Crippen LogP contribution in [0, 0.1) is 11.8 Å². The molecule has 3 atom stereocenters. The third-order valence-corrected chi connectivity index (χ3v) is 3.59. The summed E-state index contributed by atoms with van der Waals surface area (Å²) in [5.74, 6) is 1.64. The summed E-state index contributed by atoms with van der Waals surface area (Å²) in [6, 6.07) is 1.46. The predicted octanol–water partition coefficient (Wildman–Crippen LogP) is 3.20. The van der Waals surface area contributed by atoms with Gasteiger partial charge in [0.15, 0.2) is 0 Å². The molecule has 0 aromatic carbocycles. The normalized spacial score (nSPS) is 32.1. The second-order valence-corrected chi connectivity index (χ2v) is 5.07. The number of nitrogens with one attached hydrogen (secondary N) is 1. The molecule has 1 nitrogen and oxygen atoms in total. The Morgan fingerprint density at radius 3 is 2.23 bits per heavy atom. The standard InChI is InChI=1S/C12H25N/c1-9(2)11(4)13-12-8-6-5-7-10(12)3/h9-13H,5-8H2,1-4H3/t10-,11+,12+/m1/s1. The summed E-state index contributed by atoms with van der Waals surface area (Å²) in [5.41, 5.74) is 0. The molecular formula is C12H25N. The average Bonchev–Trinajstić information content (AvgIpc) is 2.08. The monoisotopic (exact) mass is 183 g/mol. The zero-order chi connectivity index (χ0) is 9.84. The van der Waals surface area contributed by atoms with Crippen LogP contribution >= 0.6 is 0 Å². The van der Waals surface area contributed by atoms with E-state index in [1.165, 1.54) is 25.7 Å². The van der Waals surface area contributed by atoms with E-state index >= 15 is 0 Å². The molecule has 78 valence electrons. The first-order valence-corrected chi connectivity index (χ1v) is 5.87. The summed E-state index contributed by atoms with van der Waals surface area (Å²) in [4.78, 5) is 0. The number of hydrogen-bond acceptors (Lipinski definition) is 1. The van der Waals surface area contributed by atoms with Crippen molar-refractivity contribution >= 4 is 0 Å². The Balaban J connectivity index is 2.33. The third-order valence-electron chi connectivity index (χ3n) is 3.59. The maximum Gasteiger partial charge on any atom is 0.00952 e. The minimum absolute atomic E-state index is 0.672. The molecule has 0 aromatic heterocycles. The Kier molecular flexibility index (Phi) is 4.24. The molecule has 1 heteroatoms. The molecule has 0 aliphatic heterocycles. The highest BCUT2D eigenvalue weighted by Crippen LogP contribution is 2.24. The molecule has 1 saturated carbocycles. The second-order valence-electron chi connectivity index (χ2n) is 5.07. The van der Waals surface area contributed by atoms with E-state index in [0.29, 0.717) is 6.04 Å². The van der Waals surface area contributed by atoms with Crippen LogP contribution in [0.15, 0.2) is 0 Å². The lowest BCUT2D eigenvalue weighted by Crippen LogP contribution is -2.44. The van der Waals surface area contributed by atoms with Gasteiger partial charge in [0, 0.05) is 12.1 Å². The zero-order valence-corrected chi connectivity index (χ0v) is 9.64. The van der Waals surface area contributed by atoms with E-state index < -0.39 is 0 Å². The van der Waals surface area contributed by atoms with Gasteiger partial charge >= 0.3 is 0 Å². The van der Waals surface area contributed by atoms with Crippen molar-refractivity contribution in [1.82, 2.24) is 5.32 Å². The van der Waals surface area contributed by atoms with Gasteiger partial charge in [0.2, 0.25) is 0 Å². The first-order chi connectivity index (χ1) is 6.11. The summed E-state index contributed by atoms with van der Waals surface area (Å²) >= 11 is 0. The van der Waals surface area contributed by atoms with Crippen LogP contribution in [-0.2, 0) is 0 Å². The Hall–Kier alpha value is -0.0400. The van der Waals surface area contributed by atoms with Gasteiger partial charge in [0.1, 0.15) is 0 Å². The van der Waals surface area contributed by atoms with Gasteiger partial charge in [0.05, 0.1) is 0 Å². The quantitative estimate of drug-likeness (QED) is 0.708. The first kappa shape index (κ1) is 11.0. The largest absolute Gasteiger partial charge is 0.311 e. The van der Waals surface area contributed by atoms with Crippen LogP contribution in [0.3, 0.4) is 0 Å². The van der Waals surface area contributed by atoms with E-state index in [-0.39, 0.29) is 0 Å². The SMILES string of the molecule is CC(C)[C@H](C)N[C@H]1CCCC[C@H]1C. The lowest BCUT2D eigenvalue weighted by Gasteiger charge is -2.33. The highest BCUT2D eigenvalue weighted by atomic mass is 15.0. The fourth-order valence-electron chi connectivity index (χ4n) is 2.09. The van der Waals surface area contributed by atoms with Crippen LogP contribution in [-0.4, -0.2) is 12.1 Å². The van der Waals surface area contributed by atoms with Crippen LogP contribution < -0.4 is 5.32 Å². The van der Waals surface area contributed by atoms with Gasteiger partial charge in [-0.15, -0.1) is 0 Å². The molecule has 0 saturated heterocycles. The Bertz CT molecular complexity index is 142. The second kappa shape index (κ2) is 4.99. The molecule has 1 aliphatic carbocycles. The third kappa shape index (κ3) is 3.30. The molecule has 0 unspecified atom stereocenters. The van der Waals surface area contributed by atoms with E-state index in [1.807, 2.05) is 0 Å². The highest BCUT2D eigenvalue weighted by Gasteiger charge is 2.22. The summed E-state index contributed by atoms with van der Waals surface area (Å²) in [6.45, 7) is 9.30. The summed E-state index contributed by atoms with van der Waals surface area (Å²) in [5, 5.41) is 3.77. The predicted molar refractivity (Wildman–Crippen MR) is 58.9 cm³/mol. The Labute approximate surface area is 83.3 Å². The van der Waals surface area contributed by atoms with E-state index in [2.05, 4.69) is 33.0 Å². The van der Waals surface area contributed by atoms with E-state index in [1.54, 1.807) is 0 Å². The van der Waals surface area contributed by atoms with E-state index in [9.17, 15) is 0 Å². The van der Waals surface area contributed by atoms with Crippen molar-refractivity contribution in [2.45, 2.75) is 65.5 Å². The van der Waals surface area contributed by atoms with Gasteiger partial charge in [-0.2, -0.15) is 0 Å². The average molecular weight is 183 g/mol. The van der Waals surface area contributed by atoms with Gasteiger partial charge in [-0.3, -0.25) is 0 Å². The molecule has 1 rings (SSSR count). The van der Waals surface area contributed by atoms with Crippen molar-refractivity contribution in [3.63, 3.8) is 0 Å². The maximum atomic E-state index is 3.77. The van der Waals surface area contributed by atoms with Gasteiger partial charge in [0.25, 0.3) is 0 Å². The minimum atomic E-state index is 0.672. The first-order valence-electron chi connectivity index (χ1n) is 5.87. The molecule has 13 heavy (non-hydrogen) atoms. The van der Waals surface area contributed by atoms with Crippen molar-refractivity contribution in [3.8, 4) is 0 Å². The van der Waals surface area contributed by atoms with E-state index in [4.69, 9.17) is 0 Å². The van der Waals surface area contributed by atoms with Crippen molar-refractivity contribution in [3.05, 3.63) is 0 Å². The van der Waals surface area contributed by atoms with Crippen molar-refractivity contribution in [2.75, 3.05) is 0 Å². The van der Waals surface area contributed by atoms with Crippen LogP contribution in [0.2, 0.25) is 0 Å². The highest BCUT2D eigenvalue weighted by molar-refractivity contribution is 4.81. The fraction of sp³-hybridized carbons (Fsp3) is 1.00. The Morgan fingerprint density at radius 1 is 1.08 bits per heavy atom. The van der Waals surface area contributed by atoms with Crippen LogP contribution in [0.25, 0.3) is 0 Å². The van der Waals surface area contributed by atoms with Gasteiger partial charge < -0.3 is 5.32 Å². The topological polar surface area (TPSA) is 12.0 Å². The number of rotatable bonds is 3. The van der Waals surface area contributed by atoms with Gasteiger partial charge in [-0.05, 0) is 31.6 Å². The summed E-state index contributed by atoms with van der Waals surface area (Å²) in [7, 11) is 0. The molecular weight excluding hydrogens is 158 g/mol. The summed E-state index contributed by atoms with van der Waals surface area (Å²) < 4.78 is 0. The summed E-state index contributed by atoms with van der Waals surface area (Å²) in [6.07, 6.45) is 5.67. The molecule has 0 amide bonds. The number of hydrogen-bond donors (Lipinski definition) is 1. The zero-order valence-electron chi connectivity index (χ0n) is 9.64. The molecule has 1 aliphatic rings. The minimum Gasteiger partial charge on any atom is -0.311 e. The molecule has 0 radical (unpaired) electrons. The maximum absolute atomic E-state index is 3.77. The molecule has 0 aromatic rings. The molecule has 0 spiro atoms. The molecule has 0 heterocycles. The van der Waals surface area contributed by atoms with Crippen LogP contribution in [0.4, 0.5) is 0 Å². The van der Waals surface area contributed by atoms with Gasteiger partial charge in [-0.25, -0.2) is 0 Å². The van der Waals surface area contributed by atoms with Crippen molar-refractivity contribution in [1.29, 1.82) is 0 Å². The van der Waals surface area contributed by atoms with E-state index in [0.717, 1.165) is 17.9 Å². The lowest BCUT2D eigenvalue weighted by molar-refractivity contribution is 0.244. The molecule has 1 fully saturated rings. The lowest BCUT2D eigenvalue weighted by atomic mass is 9.85.